The van der Waals surface area contributed by atoms with Crippen LogP contribution in [0, 0.1) is 0 Å². The van der Waals surface area contributed by atoms with E-state index in [2.05, 4.69) is 9.36 Å². The number of carboxylic acid groups (broad SMARTS) is 1. The van der Waals surface area contributed by atoms with Crippen LogP contribution in [0.15, 0.2) is 0 Å². The van der Waals surface area contributed by atoms with Crippen molar-refractivity contribution in [3.63, 3.8) is 0 Å². The SMILES string of the molecule is O=C(O)c1nsc(C2CCC2)n1. The minimum absolute atomic E-state index is 0.0538. The number of aromatic carboxylic acids is 1. The molecule has 1 aliphatic carbocycles. The topological polar surface area (TPSA) is 63.1 Å². The average molecular weight is 184 g/mol. The van der Waals surface area contributed by atoms with Crippen molar-refractivity contribution in [3.05, 3.63) is 10.8 Å². The van der Waals surface area contributed by atoms with Gasteiger partial charge in [0.2, 0.25) is 0 Å². The summed E-state index contributed by atoms with van der Waals surface area (Å²) in [5, 5.41) is 9.44. The number of hydrogen-bond acceptors (Lipinski definition) is 4. The van der Waals surface area contributed by atoms with Crippen molar-refractivity contribution in [2.24, 2.45) is 0 Å². The molecule has 1 heterocycles. The molecule has 0 atom stereocenters. The highest BCUT2D eigenvalue weighted by molar-refractivity contribution is 7.05. The van der Waals surface area contributed by atoms with Crippen LogP contribution in [-0.2, 0) is 0 Å². The van der Waals surface area contributed by atoms with Crippen molar-refractivity contribution in [3.8, 4) is 0 Å². The first kappa shape index (κ1) is 7.67. The standard InChI is InChI=1S/C7H8N2O2S/c10-7(11)5-8-6(12-9-5)4-2-1-3-4/h4H,1-3H2,(H,10,11). The highest BCUT2D eigenvalue weighted by Crippen LogP contribution is 2.36. The molecule has 0 radical (unpaired) electrons. The maximum atomic E-state index is 10.4. The van der Waals surface area contributed by atoms with E-state index in [1.165, 1.54) is 18.0 Å². The molecule has 0 unspecified atom stereocenters. The van der Waals surface area contributed by atoms with Gasteiger partial charge in [0.05, 0.1) is 0 Å². The first-order valence-corrected chi connectivity index (χ1v) is 4.61. The molecule has 0 bridgehead atoms. The lowest BCUT2D eigenvalue weighted by molar-refractivity contribution is 0.0685. The Kier molecular flexibility index (Phi) is 1.80. The van der Waals surface area contributed by atoms with Gasteiger partial charge in [-0.1, -0.05) is 6.42 Å². The number of carbonyl (C=O) groups is 1. The number of carboxylic acids is 1. The van der Waals surface area contributed by atoms with Crippen LogP contribution in [0.1, 0.15) is 40.8 Å². The van der Waals surface area contributed by atoms with Crippen molar-refractivity contribution in [1.82, 2.24) is 9.36 Å². The Balaban J connectivity index is 2.17. The first-order valence-electron chi connectivity index (χ1n) is 3.84. The predicted molar refractivity (Wildman–Crippen MR) is 43.5 cm³/mol. The van der Waals surface area contributed by atoms with Crippen LogP contribution < -0.4 is 0 Å². The summed E-state index contributed by atoms with van der Waals surface area (Å²) in [5.74, 6) is -0.602. The zero-order chi connectivity index (χ0) is 8.55. The third-order valence-electron chi connectivity index (χ3n) is 2.09. The monoisotopic (exact) mass is 184 g/mol. The maximum absolute atomic E-state index is 10.4. The summed E-state index contributed by atoms with van der Waals surface area (Å²) < 4.78 is 3.75. The van der Waals surface area contributed by atoms with E-state index in [1.807, 2.05) is 0 Å². The van der Waals surface area contributed by atoms with Gasteiger partial charge in [0, 0.05) is 5.92 Å². The molecule has 64 valence electrons. The third-order valence-corrected chi connectivity index (χ3v) is 2.96. The Morgan fingerprint density at radius 1 is 1.58 bits per heavy atom. The fourth-order valence-electron chi connectivity index (χ4n) is 1.14. The molecule has 1 fully saturated rings. The van der Waals surface area contributed by atoms with E-state index in [1.54, 1.807) is 0 Å². The molecular formula is C7H8N2O2S. The van der Waals surface area contributed by atoms with Crippen LogP contribution in [0.3, 0.4) is 0 Å². The molecule has 2 rings (SSSR count). The molecule has 1 N–H and O–H groups in total. The lowest BCUT2D eigenvalue weighted by Crippen LogP contribution is -2.08. The van der Waals surface area contributed by atoms with E-state index >= 15 is 0 Å². The van der Waals surface area contributed by atoms with Gasteiger partial charge in [0.15, 0.2) is 0 Å². The second-order valence-electron chi connectivity index (χ2n) is 2.89. The molecule has 1 aromatic heterocycles. The number of hydrogen-bond donors (Lipinski definition) is 1. The minimum Gasteiger partial charge on any atom is -0.475 e. The van der Waals surface area contributed by atoms with Gasteiger partial charge < -0.3 is 5.11 Å². The van der Waals surface area contributed by atoms with Gasteiger partial charge in [-0.2, -0.15) is 4.37 Å². The van der Waals surface area contributed by atoms with E-state index in [4.69, 9.17) is 5.11 Å². The second kappa shape index (κ2) is 2.82. The highest BCUT2D eigenvalue weighted by Gasteiger charge is 2.24. The van der Waals surface area contributed by atoms with Crippen LogP contribution in [0.2, 0.25) is 0 Å². The summed E-state index contributed by atoms with van der Waals surface area (Å²) in [6, 6.07) is 0. The van der Waals surface area contributed by atoms with E-state index in [0.717, 1.165) is 17.8 Å². The quantitative estimate of drug-likeness (QED) is 0.756. The molecule has 1 aliphatic rings. The average Bonchev–Trinajstić information content (AvgIpc) is 2.32. The van der Waals surface area contributed by atoms with Gasteiger partial charge in [0.25, 0.3) is 5.82 Å². The van der Waals surface area contributed by atoms with E-state index in [-0.39, 0.29) is 5.82 Å². The molecule has 1 saturated carbocycles. The molecule has 0 aromatic carbocycles. The van der Waals surface area contributed by atoms with Crippen LogP contribution in [-0.4, -0.2) is 20.4 Å². The zero-order valence-corrected chi connectivity index (χ0v) is 7.17. The fraction of sp³-hybridized carbons (Fsp3) is 0.571. The Hall–Kier alpha value is -0.970. The van der Waals surface area contributed by atoms with Gasteiger partial charge in [0.1, 0.15) is 5.01 Å². The van der Waals surface area contributed by atoms with Gasteiger partial charge in [-0.3, -0.25) is 0 Å². The van der Waals surface area contributed by atoms with Crippen LogP contribution in [0.5, 0.6) is 0 Å². The summed E-state index contributed by atoms with van der Waals surface area (Å²) >= 11 is 1.22. The van der Waals surface area contributed by atoms with Crippen LogP contribution in [0.4, 0.5) is 0 Å². The zero-order valence-electron chi connectivity index (χ0n) is 6.36. The first-order chi connectivity index (χ1) is 5.77. The largest absolute Gasteiger partial charge is 0.475 e. The van der Waals surface area contributed by atoms with E-state index in [0.29, 0.717) is 5.92 Å². The number of nitrogens with zero attached hydrogens (tertiary/aromatic N) is 2. The molecule has 0 saturated heterocycles. The van der Waals surface area contributed by atoms with Crippen molar-refractivity contribution in [1.29, 1.82) is 0 Å². The van der Waals surface area contributed by atoms with Gasteiger partial charge >= 0.3 is 5.97 Å². The smallest absolute Gasteiger partial charge is 0.374 e. The van der Waals surface area contributed by atoms with Gasteiger partial charge in [-0.05, 0) is 24.4 Å². The molecule has 12 heavy (non-hydrogen) atoms. The molecular weight excluding hydrogens is 176 g/mol. The molecule has 5 heteroatoms. The van der Waals surface area contributed by atoms with Crippen molar-refractivity contribution in [2.45, 2.75) is 25.2 Å². The summed E-state index contributed by atoms with van der Waals surface area (Å²) in [4.78, 5) is 14.4. The Morgan fingerprint density at radius 2 is 2.33 bits per heavy atom. The normalized spacial score (nSPS) is 17.3. The maximum Gasteiger partial charge on any atom is 0.374 e. The lowest BCUT2D eigenvalue weighted by Gasteiger charge is -2.21. The van der Waals surface area contributed by atoms with E-state index < -0.39 is 5.97 Å². The van der Waals surface area contributed by atoms with Crippen LogP contribution >= 0.6 is 11.5 Å². The van der Waals surface area contributed by atoms with Gasteiger partial charge in [-0.25, -0.2) is 9.78 Å². The predicted octanol–water partition coefficient (Wildman–Crippen LogP) is 1.50. The minimum atomic E-state index is -1.03. The number of aromatic nitrogens is 2. The van der Waals surface area contributed by atoms with Crippen molar-refractivity contribution in [2.75, 3.05) is 0 Å². The van der Waals surface area contributed by atoms with Gasteiger partial charge in [-0.15, -0.1) is 0 Å². The molecule has 0 amide bonds. The summed E-state index contributed by atoms with van der Waals surface area (Å²) in [5.41, 5.74) is 0. The number of rotatable bonds is 2. The summed E-state index contributed by atoms with van der Waals surface area (Å²) in [6.45, 7) is 0. The Morgan fingerprint density at radius 3 is 2.75 bits per heavy atom. The third kappa shape index (κ3) is 1.20. The summed E-state index contributed by atoms with van der Waals surface area (Å²) in [6.07, 6.45) is 3.50. The Bertz CT molecular complexity index is 306. The molecule has 1 aromatic rings. The molecule has 0 spiro atoms. The molecule has 0 aliphatic heterocycles. The molecule has 4 nitrogen and oxygen atoms in total. The second-order valence-corrected chi connectivity index (χ2v) is 3.67. The Labute approximate surface area is 73.4 Å². The van der Waals surface area contributed by atoms with E-state index in [9.17, 15) is 4.79 Å². The lowest BCUT2D eigenvalue weighted by atomic mass is 9.86. The fourth-order valence-corrected chi connectivity index (χ4v) is 1.95. The summed E-state index contributed by atoms with van der Waals surface area (Å²) in [7, 11) is 0. The van der Waals surface area contributed by atoms with Crippen molar-refractivity contribution >= 4 is 17.5 Å². The van der Waals surface area contributed by atoms with Crippen LogP contribution in [0.25, 0.3) is 0 Å². The highest BCUT2D eigenvalue weighted by atomic mass is 32.1. The van der Waals surface area contributed by atoms with Crippen molar-refractivity contribution < 1.29 is 9.90 Å².